The van der Waals surface area contributed by atoms with E-state index >= 15 is 0 Å². The minimum atomic E-state index is -0.522. The maximum absolute atomic E-state index is 14.7. The van der Waals surface area contributed by atoms with Gasteiger partial charge in [0, 0.05) is 24.7 Å². The van der Waals surface area contributed by atoms with Crippen LogP contribution in [0.2, 0.25) is 0 Å². The lowest BCUT2D eigenvalue weighted by Crippen LogP contribution is -2.59. The zero-order valence-electron chi connectivity index (χ0n) is 33.8. The van der Waals surface area contributed by atoms with Crippen molar-refractivity contribution >= 4 is 29.2 Å². The molecule has 3 unspecified atom stereocenters. The van der Waals surface area contributed by atoms with Gasteiger partial charge < -0.3 is 19.3 Å². The molecule has 0 bridgehead atoms. The van der Waals surface area contributed by atoms with E-state index < -0.39 is 17.8 Å². The number of hydrogen-bond donors (Lipinski definition) is 0. The lowest BCUT2D eigenvalue weighted by Gasteiger charge is -2.38. The summed E-state index contributed by atoms with van der Waals surface area (Å²) >= 11 is 0. The first kappa shape index (κ1) is 39.6. The summed E-state index contributed by atoms with van der Waals surface area (Å²) in [5, 5.41) is 0. The monoisotopic (exact) mass is 746 g/mol. The Labute approximate surface area is 327 Å². The molecular formula is C46H58N4O5. The third-order valence-corrected chi connectivity index (χ3v) is 11.4. The number of urea groups is 1. The Bertz CT molecular complexity index is 1840. The van der Waals surface area contributed by atoms with Crippen molar-refractivity contribution in [1.82, 2.24) is 9.80 Å². The molecule has 55 heavy (non-hydrogen) atoms. The van der Waals surface area contributed by atoms with Gasteiger partial charge in [-0.25, -0.2) is 4.79 Å². The van der Waals surface area contributed by atoms with Crippen LogP contribution in [-0.2, 0) is 9.59 Å². The van der Waals surface area contributed by atoms with E-state index in [1.165, 1.54) is 9.80 Å². The Balaban J connectivity index is 1.50. The number of amides is 4. The number of rotatable bonds is 14. The van der Waals surface area contributed by atoms with Gasteiger partial charge >= 0.3 is 6.03 Å². The number of hydrogen-bond acceptors (Lipinski definition) is 7. The average molecular weight is 747 g/mol. The molecule has 2 fully saturated rings. The third kappa shape index (κ3) is 7.89. The number of para-hydroxylation sites is 4. The number of carbonyl (C=O) groups is 3. The molecule has 1 saturated carbocycles. The molecule has 2 aromatic carbocycles. The van der Waals surface area contributed by atoms with Crippen LogP contribution < -0.4 is 19.3 Å². The van der Waals surface area contributed by atoms with Gasteiger partial charge in [0.1, 0.15) is 5.57 Å². The van der Waals surface area contributed by atoms with E-state index in [9.17, 15) is 14.4 Å². The van der Waals surface area contributed by atoms with E-state index in [0.29, 0.717) is 43.0 Å². The lowest BCUT2D eigenvalue weighted by atomic mass is 9.94. The summed E-state index contributed by atoms with van der Waals surface area (Å²) in [4.78, 5) is 50.4. The first-order valence-corrected chi connectivity index (χ1v) is 20.5. The Morgan fingerprint density at radius 1 is 0.600 bits per heavy atom. The van der Waals surface area contributed by atoms with Crippen LogP contribution in [0.4, 0.5) is 16.2 Å². The number of barbiturate groups is 1. The van der Waals surface area contributed by atoms with Crippen molar-refractivity contribution in [1.29, 1.82) is 0 Å². The number of benzene rings is 2. The molecule has 3 atom stereocenters. The fourth-order valence-electron chi connectivity index (χ4n) is 7.86. The number of allylic oxidation sites excluding steroid dienone is 7. The standard InChI is InChI=1S/C46H58N4O5/c1-8-12-14-19-33(7)50-45(52)43(44(51)47(46(50)53)30-13-9-2)42-34(26-28-40-48(31(5)10-3)36-20-15-17-22-38(36)54-40)24-25-35(42)27-29-41-49(32(6)11-4)37-21-16-18-23-39(37)55-41/h15-18,20-23,26-29,31-33H,8-14,19,24-25,30H2,1-7H3/b34-26+,35-27+,40-28-,41-29-,43-42?. The maximum Gasteiger partial charge on any atom is 0.334 e. The Hall–Kier alpha value is -5.05. The molecule has 3 aliphatic heterocycles. The number of carbonyl (C=O) groups excluding carboxylic acids is 3. The van der Waals surface area contributed by atoms with Crippen molar-refractivity contribution < 1.29 is 23.9 Å². The molecule has 4 amide bonds. The Morgan fingerprint density at radius 3 is 1.60 bits per heavy atom. The van der Waals surface area contributed by atoms with Crippen molar-refractivity contribution in [3.8, 4) is 11.5 Å². The van der Waals surface area contributed by atoms with E-state index in [1.54, 1.807) is 0 Å². The Kier molecular flexibility index (Phi) is 12.7. The van der Waals surface area contributed by atoms with Crippen molar-refractivity contribution in [2.75, 3.05) is 16.3 Å². The third-order valence-electron chi connectivity index (χ3n) is 11.4. The average Bonchev–Trinajstić information content (AvgIpc) is 3.88. The van der Waals surface area contributed by atoms with Gasteiger partial charge in [-0.2, -0.15) is 0 Å². The van der Waals surface area contributed by atoms with Crippen molar-refractivity contribution in [3.05, 3.63) is 107 Å². The summed E-state index contributed by atoms with van der Waals surface area (Å²) in [5.74, 6) is 1.94. The highest BCUT2D eigenvalue weighted by atomic mass is 16.5. The Morgan fingerprint density at radius 2 is 1.11 bits per heavy atom. The van der Waals surface area contributed by atoms with Crippen LogP contribution in [-0.4, -0.2) is 52.3 Å². The fourth-order valence-corrected chi connectivity index (χ4v) is 7.86. The molecule has 2 aromatic rings. The normalized spacial score (nSPS) is 21.6. The van der Waals surface area contributed by atoms with E-state index in [1.807, 2.05) is 74.5 Å². The van der Waals surface area contributed by atoms with Gasteiger partial charge in [0.25, 0.3) is 11.8 Å². The van der Waals surface area contributed by atoms with E-state index in [-0.39, 0.29) is 30.2 Å². The van der Waals surface area contributed by atoms with Crippen LogP contribution in [0.3, 0.4) is 0 Å². The van der Waals surface area contributed by atoms with Gasteiger partial charge in [-0.05, 0) is 112 Å². The number of ether oxygens (including phenoxy) is 2. The summed E-state index contributed by atoms with van der Waals surface area (Å²) in [6.07, 6.45) is 16.1. The summed E-state index contributed by atoms with van der Waals surface area (Å²) in [5.41, 5.74) is 4.40. The quantitative estimate of drug-likeness (QED) is 0.108. The first-order valence-electron chi connectivity index (χ1n) is 20.5. The molecule has 9 nitrogen and oxygen atoms in total. The second kappa shape index (κ2) is 17.6. The van der Waals surface area contributed by atoms with Crippen LogP contribution in [0, 0.1) is 0 Å². The van der Waals surface area contributed by atoms with Gasteiger partial charge in [0.05, 0.1) is 11.4 Å². The van der Waals surface area contributed by atoms with Crippen LogP contribution in [0.5, 0.6) is 11.5 Å². The summed E-state index contributed by atoms with van der Waals surface area (Å²) in [6.45, 7) is 15.0. The van der Waals surface area contributed by atoms with Gasteiger partial charge in [-0.15, -0.1) is 0 Å². The maximum atomic E-state index is 14.7. The van der Waals surface area contributed by atoms with Crippen molar-refractivity contribution in [3.63, 3.8) is 0 Å². The van der Waals surface area contributed by atoms with Gasteiger partial charge in [-0.1, -0.05) is 89.8 Å². The van der Waals surface area contributed by atoms with Crippen molar-refractivity contribution in [2.24, 2.45) is 0 Å². The molecule has 0 spiro atoms. The van der Waals surface area contributed by atoms with E-state index in [2.05, 4.69) is 56.6 Å². The fraction of sp³-hybridized carbons (Fsp3) is 0.457. The zero-order valence-corrected chi connectivity index (χ0v) is 33.8. The molecule has 292 valence electrons. The van der Waals surface area contributed by atoms with E-state index in [0.717, 1.165) is 72.5 Å². The summed E-state index contributed by atoms with van der Waals surface area (Å²) in [6, 6.07) is 15.5. The molecule has 1 saturated heterocycles. The lowest BCUT2D eigenvalue weighted by molar-refractivity contribution is -0.137. The molecular weight excluding hydrogens is 689 g/mol. The molecule has 0 radical (unpaired) electrons. The number of imide groups is 2. The number of nitrogens with zero attached hydrogens (tertiary/aromatic N) is 4. The largest absolute Gasteiger partial charge is 0.439 e. The molecule has 4 aliphatic rings. The van der Waals surface area contributed by atoms with Gasteiger partial charge in [0.2, 0.25) is 11.8 Å². The van der Waals surface area contributed by atoms with Crippen LogP contribution in [0.25, 0.3) is 0 Å². The first-order chi connectivity index (χ1) is 26.6. The van der Waals surface area contributed by atoms with E-state index in [4.69, 9.17) is 9.47 Å². The van der Waals surface area contributed by atoms with Crippen LogP contribution in [0.1, 0.15) is 113 Å². The minimum absolute atomic E-state index is 0.0636. The smallest absolute Gasteiger partial charge is 0.334 e. The summed E-state index contributed by atoms with van der Waals surface area (Å²) in [7, 11) is 0. The predicted molar refractivity (Wildman–Crippen MR) is 220 cm³/mol. The zero-order chi connectivity index (χ0) is 39.2. The molecule has 9 heteroatoms. The highest BCUT2D eigenvalue weighted by molar-refractivity contribution is 6.30. The molecule has 3 heterocycles. The highest BCUT2D eigenvalue weighted by Gasteiger charge is 2.46. The van der Waals surface area contributed by atoms with Crippen LogP contribution in [0.15, 0.2) is 107 Å². The SMILES string of the molecule is CCCCCC(C)N1C(=O)C(=C2/C(=C/C=C3\Oc4ccccc4N3C(C)CC)CC/C2=C\C=C2/Oc3ccccc3N2C(C)CC)C(=O)N(CCCC)C1=O. The molecule has 0 N–H and O–H groups in total. The minimum Gasteiger partial charge on any atom is -0.439 e. The predicted octanol–water partition coefficient (Wildman–Crippen LogP) is 10.6. The van der Waals surface area contributed by atoms with Crippen LogP contribution >= 0.6 is 0 Å². The molecule has 0 aromatic heterocycles. The molecule has 6 rings (SSSR count). The van der Waals surface area contributed by atoms with Gasteiger partial charge in [-0.3, -0.25) is 19.4 Å². The van der Waals surface area contributed by atoms with Gasteiger partial charge in [0.15, 0.2) is 11.5 Å². The molecule has 1 aliphatic carbocycles. The number of fused-ring (bicyclic) bond motifs is 2. The highest BCUT2D eigenvalue weighted by Crippen LogP contribution is 2.44. The second-order valence-corrected chi connectivity index (χ2v) is 15.2. The summed E-state index contributed by atoms with van der Waals surface area (Å²) < 4.78 is 12.8. The number of unbranched alkanes of at least 4 members (excludes halogenated alkanes) is 3. The topological polar surface area (TPSA) is 82.6 Å². The van der Waals surface area contributed by atoms with Crippen molar-refractivity contribution in [2.45, 2.75) is 131 Å². The second-order valence-electron chi connectivity index (χ2n) is 15.2. The number of anilines is 2.